The maximum atomic E-state index is 12.8. The van der Waals surface area contributed by atoms with Gasteiger partial charge >= 0.3 is 5.97 Å². The van der Waals surface area contributed by atoms with Crippen molar-refractivity contribution in [2.45, 2.75) is 0 Å². The Morgan fingerprint density at radius 2 is 1.66 bits per heavy atom. The normalized spacial score (nSPS) is 10.5. The van der Waals surface area contributed by atoms with E-state index < -0.39 is 38.1 Å². The summed E-state index contributed by atoms with van der Waals surface area (Å²) in [4.78, 5) is 45.8. The first kappa shape index (κ1) is 23.3. The summed E-state index contributed by atoms with van der Waals surface area (Å²) >= 11 is 10.1. The number of benzene rings is 2. The van der Waals surface area contributed by atoms with Gasteiger partial charge in [-0.25, -0.2) is 4.79 Å². The minimum absolute atomic E-state index is 0.0751. The molecule has 13 heteroatoms. The maximum absolute atomic E-state index is 12.8. The highest BCUT2D eigenvalue weighted by Crippen LogP contribution is 2.38. The third-order valence-corrected chi connectivity index (χ3v) is 6.06. The van der Waals surface area contributed by atoms with Crippen molar-refractivity contribution < 1.29 is 24.2 Å². The number of nitro groups is 2. The number of esters is 1. The molecule has 2 aromatic carbocycles. The van der Waals surface area contributed by atoms with Crippen molar-refractivity contribution in [2.75, 3.05) is 12.4 Å². The molecule has 1 amide bonds. The number of hydrogen-bond acceptors (Lipinski definition) is 8. The molecule has 164 valence electrons. The number of nitrogens with one attached hydrogen (secondary N) is 1. The second-order valence-electron chi connectivity index (χ2n) is 6.15. The lowest BCUT2D eigenvalue weighted by Crippen LogP contribution is -2.15. The molecule has 1 N–H and O–H groups in total. The minimum Gasteiger partial charge on any atom is -0.465 e. The Balaban J connectivity index is 2.05. The van der Waals surface area contributed by atoms with Gasteiger partial charge in [-0.15, -0.1) is 11.3 Å². The molecule has 1 heterocycles. The summed E-state index contributed by atoms with van der Waals surface area (Å²) in [6.07, 6.45) is 0. The topological polar surface area (TPSA) is 142 Å². The molecule has 0 unspecified atom stereocenters. The van der Waals surface area contributed by atoms with Gasteiger partial charge in [0.1, 0.15) is 10.6 Å². The Morgan fingerprint density at radius 1 is 1.09 bits per heavy atom. The smallest absolute Gasteiger partial charge is 0.341 e. The van der Waals surface area contributed by atoms with Crippen molar-refractivity contribution in [1.29, 1.82) is 0 Å². The van der Waals surface area contributed by atoms with E-state index >= 15 is 0 Å². The Labute approximate surface area is 197 Å². The lowest BCUT2D eigenvalue weighted by Gasteiger charge is -2.08. The van der Waals surface area contributed by atoms with Crippen LogP contribution in [0.25, 0.3) is 11.1 Å². The van der Waals surface area contributed by atoms with Crippen LogP contribution in [-0.2, 0) is 4.74 Å². The van der Waals surface area contributed by atoms with E-state index in [2.05, 4.69) is 21.2 Å². The number of nitro benzene ring substituents is 2. The van der Waals surface area contributed by atoms with Crippen LogP contribution in [-0.4, -0.2) is 28.8 Å². The number of carbonyl (C=O) groups is 2. The Hall–Kier alpha value is -3.35. The van der Waals surface area contributed by atoms with E-state index in [0.29, 0.717) is 11.1 Å². The number of ether oxygens (including phenoxy) is 1. The van der Waals surface area contributed by atoms with Gasteiger partial charge in [-0.05, 0) is 17.7 Å². The fourth-order valence-electron chi connectivity index (χ4n) is 2.76. The van der Waals surface area contributed by atoms with E-state index in [1.54, 1.807) is 29.6 Å². The zero-order valence-corrected chi connectivity index (χ0v) is 19.1. The van der Waals surface area contributed by atoms with Gasteiger partial charge in [0.25, 0.3) is 17.3 Å². The number of amides is 1. The highest BCUT2D eigenvalue weighted by molar-refractivity contribution is 9.10. The molecule has 0 aliphatic heterocycles. The molecule has 0 aliphatic rings. The van der Waals surface area contributed by atoms with Crippen molar-refractivity contribution in [1.82, 2.24) is 0 Å². The number of thiophene rings is 1. The minimum atomic E-state index is -0.928. The van der Waals surface area contributed by atoms with E-state index in [4.69, 9.17) is 16.3 Å². The fraction of sp³-hybridized carbons (Fsp3) is 0.0526. The van der Waals surface area contributed by atoms with Crippen LogP contribution >= 0.6 is 38.9 Å². The number of halogens is 2. The Kier molecular flexibility index (Phi) is 6.87. The van der Waals surface area contributed by atoms with Gasteiger partial charge in [-0.3, -0.25) is 25.0 Å². The van der Waals surface area contributed by atoms with Crippen LogP contribution in [0.1, 0.15) is 20.7 Å². The van der Waals surface area contributed by atoms with Crippen molar-refractivity contribution in [3.05, 3.63) is 82.6 Å². The highest BCUT2D eigenvalue weighted by atomic mass is 79.9. The molecule has 0 saturated carbocycles. The predicted molar refractivity (Wildman–Crippen MR) is 122 cm³/mol. The number of hydrogen-bond donors (Lipinski definition) is 1. The molecule has 32 heavy (non-hydrogen) atoms. The van der Waals surface area contributed by atoms with Crippen molar-refractivity contribution in [2.24, 2.45) is 0 Å². The van der Waals surface area contributed by atoms with E-state index in [-0.39, 0.29) is 16.1 Å². The van der Waals surface area contributed by atoms with Crippen LogP contribution in [0.3, 0.4) is 0 Å². The highest BCUT2D eigenvalue weighted by Gasteiger charge is 2.28. The van der Waals surface area contributed by atoms with Crippen molar-refractivity contribution in [3.63, 3.8) is 0 Å². The molecule has 1 aromatic heterocycles. The number of rotatable bonds is 6. The molecule has 0 radical (unpaired) electrons. The molecule has 0 spiro atoms. The number of methoxy groups -OCH3 is 1. The maximum Gasteiger partial charge on any atom is 0.341 e. The van der Waals surface area contributed by atoms with Crippen LogP contribution in [0, 0.1) is 20.2 Å². The van der Waals surface area contributed by atoms with Gasteiger partial charge in [0.2, 0.25) is 0 Å². The number of carbonyl (C=O) groups excluding carboxylic acids is 2. The standard InChI is InChI=1S/C19H11BrClN3O7S/c1-31-19(26)15-12(9-2-4-11(20)5-3-9)8-32-18(15)22-17(25)10-6-13(23(27)28)16(21)14(7-10)24(29)30/h2-8H,1H3,(H,22,25). The first-order valence-electron chi connectivity index (χ1n) is 8.53. The molecule has 0 saturated heterocycles. The lowest BCUT2D eigenvalue weighted by molar-refractivity contribution is -0.393. The molecule has 0 aliphatic carbocycles. The van der Waals surface area contributed by atoms with Crippen LogP contribution in [0.2, 0.25) is 5.02 Å². The Bertz CT molecular complexity index is 1230. The Morgan fingerprint density at radius 3 is 2.16 bits per heavy atom. The molecular formula is C19H11BrClN3O7S. The summed E-state index contributed by atoms with van der Waals surface area (Å²) in [6, 6.07) is 8.72. The zero-order chi connectivity index (χ0) is 23.6. The fourth-order valence-corrected chi connectivity index (χ4v) is 4.23. The second-order valence-corrected chi connectivity index (χ2v) is 8.32. The second kappa shape index (κ2) is 9.42. The van der Waals surface area contributed by atoms with Crippen molar-refractivity contribution >= 4 is 67.1 Å². The van der Waals surface area contributed by atoms with Crippen LogP contribution in [0.4, 0.5) is 16.4 Å². The first-order chi connectivity index (χ1) is 15.1. The molecule has 3 rings (SSSR count). The van der Waals surface area contributed by atoms with Gasteiger partial charge in [-0.2, -0.15) is 0 Å². The van der Waals surface area contributed by atoms with Gasteiger partial charge < -0.3 is 10.1 Å². The molecule has 0 atom stereocenters. The van der Waals surface area contributed by atoms with E-state index in [0.717, 1.165) is 27.9 Å². The van der Waals surface area contributed by atoms with Gasteiger partial charge in [0.05, 0.1) is 22.5 Å². The summed E-state index contributed by atoms with van der Waals surface area (Å²) in [7, 11) is 1.18. The molecule has 0 fully saturated rings. The van der Waals surface area contributed by atoms with Crippen molar-refractivity contribution in [3.8, 4) is 11.1 Å². The lowest BCUT2D eigenvalue weighted by atomic mass is 10.0. The third-order valence-electron chi connectivity index (χ3n) is 4.25. The average Bonchev–Trinajstić information content (AvgIpc) is 3.16. The summed E-state index contributed by atoms with van der Waals surface area (Å²) in [6.45, 7) is 0. The summed E-state index contributed by atoms with van der Waals surface area (Å²) in [5.74, 6) is -1.62. The zero-order valence-electron chi connectivity index (χ0n) is 16.0. The average molecular weight is 541 g/mol. The first-order valence-corrected chi connectivity index (χ1v) is 10.6. The number of anilines is 1. The summed E-state index contributed by atoms with van der Waals surface area (Å²) in [5.41, 5.74) is -0.698. The van der Waals surface area contributed by atoms with E-state index in [1.165, 1.54) is 7.11 Å². The van der Waals surface area contributed by atoms with Crippen LogP contribution < -0.4 is 5.32 Å². The molecule has 3 aromatic rings. The van der Waals surface area contributed by atoms with Crippen LogP contribution in [0.15, 0.2) is 46.3 Å². The van der Waals surface area contributed by atoms with E-state index in [9.17, 15) is 29.8 Å². The van der Waals surface area contributed by atoms with Gasteiger partial charge in [0.15, 0.2) is 5.02 Å². The summed E-state index contributed by atoms with van der Waals surface area (Å²) in [5, 5.41) is 25.9. The third kappa shape index (κ3) is 4.61. The molecule has 0 bridgehead atoms. The number of nitrogens with zero attached hydrogens (tertiary/aromatic N) is 2. The van der Waals surface area contributed by atoms with Crippen LogP contribution in [0.5, 0.6) is 0 Å². The monoisotopic (exact) mass is 539 g/mol. The SMILES string of the molecule is COC(=O)c1c(-c2ccc(Br)cc2)csc1NC(=O)c1cc([N+](=O)[O-])c(Cl)c([N+](=O)[O-])c1. The van der Waals surface area contributed by atoms with Gasteiger partial charge in [-0.1, -0.05) is 39.7 Å². The molecule has 10 nitrogen and oxygen atoms in total. The predicted octanol–water partition coefficient (Wildman–Crippen LogP) is 5.69. The van der Waals surface area contributed by atoms with E-state index in [1.807, 2.05) is 0 Å². The quantitative estimate of drug-likeness (QED) is 0.240. The molecular weight excluding hydrogens is 530 g/mol. The largest absolute Gasteiger partial charge is 0.465 e. The van der Waals surface area contributed by atoms with Gasteiger partial charge in [0, 0.05) is 27.5 Å². The summed E-state index contributed by atoms with van der Waals surface area (Å²) < 4.78 is 5.67.